The first kappa shape index (κ1) is 11.5. The van der Waals surface area contributed by atoms with Crippen molar-refractivity contribution in [3.05, 3.63) is 42.1 Å². The SMILES string of the molecule is Cc1cnc(N2CC(=O)Nc3ccccc32)c(N)c1. The van der Waals surface area contributed by atoms with Gasteiger partial charge in [-0.25, -0.2) is 4.98 Å². The van der Waals surface area contributed by atoms with Crippen molar-refractivity contribution >= 4 is 28.8 Å². The number of benzene rings is 1. The van der Waals surface area contributed by atoms with Gasteiger partial charge in [-0.05, 0) is 30.7 Å². The number of hydrogen-bond acceptors (Lipinski definition) is 4. The van der Waals surface area contributed by atoms with Crippen LogP contribution in [0.25, 0.3) is 0 Å². The molecule has 5 heteroatoms. The Labute approximate surface area is 111 Å². The van der Waals surface area contributed by atoms with Gasteiger partial charge in [0.05, 0.1) is 17.1 Å². The van der Waals surface area contributed by atoms with E-state index in [-0.39, 0.29) is 12.5 Å². The van der Waals surface area contributed by atoms with E-state index in [1.165, 1.54) is 0 Å². The third kappa shape index (κ3) is 1.99. The molecule has 0 unspecified atom stereocenters. The number of aryl methyl sites for hydroxylation is 1. The van der Waals surface area contributed by atoms with Gasteiger partial charge in [-0.3, -0.25) is 4.79 Å². The van der Waals surface area contributed by atoms with Crippen LogP contribution in [0.4, 0.5) is 22.9 Å². The van der Waals surface area contributed by atoms with Crippen molar-refractivity contribution in [1.82, 2.24) is 4.98 Å². The number of nitrogens with one attached hydrogen (secondary N) is 1. The van der Waals surface area contributed by atoms with Crippen molar-refractivity contribution in [2.75, 3.05) is 22.5 Å². The normalized spacial score (nSPS) is 13.9. The van der Waals surface area contributed by atoms with Crippen LogP contribution >= 0.6 is 0 Å². The second-order valence-corrected chi connectivity index (χ2v) is 4.58. The van der Waals surface area contributed by atoms with Crippen LogP contribution in [-0.2, 0) is 4.79 Å². The Bertz CT molecular complexity index is 654. The number of nitrogens with zero attached hydrogens (tertiary/aromatic N) is 2. The summed E-state index contributed by atoms with van der Waals surface area (Å²) in [6, 6.07) is 9.47. The highest BCUT2D eigenvalue weighted by atomic mass is 16.2. The van der Waals surface area contributed by atoms with Crippen LogP contribution in [0.5, 0.6) is 0 Å². The molecule has 0 radical (unpaired) electrons. The third-order valence-corrected chi connectivity index (χ3v) is 3.06. The number of para-hydroxylation sites is 2. The fourth-order valence-corrected chi connectivity index (χ4v) is 2.23. The number of nitrogen functional groups attached to an aromatic ring is 1. The number of rotatable bonds is 1. The Morgan fingerprint density at radius 3 is 2.95 bits per heavy atom. The average molecular weight is 254 g/mol. The Balaban J connectivity index is 2.12. The fraction of sp³-hybridized carbons (Fsp3) is 0.143. The van der Waals surface area contributed by atoms with Crippen molar-refractivity contribution in [2.45, 2.75) is 6.92 Å². The number of aromatic nitrogens is 1. The molecule has 96 valence electrons. The highest BCUT2D eigenvalue weighted by Crippen LogP contribution is 2.36. The van der Waals surface area contributed by atoms with Crippen LogP contribution in [-0.4, -0.2) is 17.4 Å². The van der Waals surface area contributed by atoms with Crippen molar-refractivity contribution in [1.29, 1.82) is 0 Å². The monoisotopic (exact) mass is 254 g/mol. The molecule has 0 fully saturated rings. The van der Waals surface area contributed by atoms with Crippen LogP contribution < -0.4 is 16.0 Å². The molecule has 0 bridgehead atoms. The molecule has 0 saturated carbocycles. The van der Waals surface area contributed by atoms with E-state index in [2.05, 4.69) is 10.3 Å². The van der Waals surface area contributed by atoms with Gasteiger partial charge in [-0.2, -0.15) is 0 Å². The van der Waals surface area contributed by atoms with Crippen molar-refractivity contribution in [3.8, 4) is 0 Å². The van der Waals surface area contributed by atoms with E-state index in [9.17, 15) is 4.79 Å². The van der Waals surface area contributed by atoms with Gasteiger partial charge >= 0.3 is 0 Å². The summed E-state index contributed by atoms with van der Waals surface area (Å²) in [6.07, 6.45) is 1.75. The lowest BCUT2D eigenvalue weighted by molar-refractivity contribution is -0.115. The number of amides is 1. The van der Waals surface area contributed by atoms with E-state index >= 15 is 0 Å². The van der Waals surface area contributed by atoms with Gasteiger partial charge in [-0.1, -0.05) is 12.1 Å². The molecular formula is C14H14N4O. The number of nitrogens with two attached hydrogens (primary N) is 1. The molecule has 1 aromatic carbocycles. The van der Waals surface area contributed by atoms with Crippen LogP contribution in [0.3, 0.4) is 0 Å². The number of fused-ring (bicyclic) bond motifs is 1. The van der Waals surface area contributed by atoms with E-state index in [1.807, 2.05) is 42.2 Å². The largest absolute Gasteiger partial charge is 0.396 e. The molecule has 0 saturated heterocycles. The molecule has 1 amide bonds. The molecule has 1 aliphatic rings. The zero-order valence-corrected chi connectivity index (χ0v) is 10.6. The minimum atomic E-state index is -0.0690. The van der Waals surface area contributed by atoms with Crippen LogP contribution in [0.2, 0.25) is 0 Å². The van der Waals surface area contributed by atoms with E-state index in [0.717, 1.165) is 16.9 Å². The Hall–Kier alpha value is -2.56. The molecule has 2 aromatic rings. The predicted octanol–water partition coefficient (Wildman–Crippen LogP) is 2.06. The Morgan fingerprint density at radius 1 is 1.37 bits per heavy atom. The highest BCUT2D eigenvalue weighted by molar-refractivity contribution is 6.03. The summed E-state index contributed by atoms with van der Waals surface area (Å²) < 4.78 is 0. The molecule has 0 aliphatic carbocycles. The molecule has 1 aliphatic heterocycles. The molecule has 19 heavy (non-hydrogen) atoms. The van der Waals surface area contributed by atoms with Gasteiger partial charge in [0.1, 0.15) is 6.54 Å². The maximum atomic E-state index is 11.8. The van der Waals surface area contributed by atoms with Gasteiger partial charge in [0, 0.05) is 6.20 Å². The molecule has 5 nitrogen and oxygen atoms in total. The number of carbonyl (C=O) groups excluding carboxylic acids is 1. The number of hydrogen-bond donors (Lipinski definition) is 2. The number of pyridine rings is 1. The lowest BCUT2D eigenvalue weighted by Crippen LogP contribution is -2.35. The van der Waals surface area contributed by atoms with Gasteiger partial charge in [0.15, 0.2) is 5.82 Å². The minimum Gasteiger partial charge on any atom is -0.396 e. The van der Waals surface area contributed by atoms with Crippen LogP contribution in [0.15, 0.2) is 36.5 Å². The molecular weight excluding hydrogens is 240 g/mol. The van der Waals surface area contributed by atoms with Gasteiger partial charge in [-0.15, -0.1) is 0 Å². The topological polar surface area (TPSA) is 71.2 Å². The van der Waals surface area contributed by atoms with Crippen molar-refractivity contribution in [3.63, 3.8) is 0 Å². The van der Waals surface area contributed by atoms with Crippen molar-refractivity contribution in [2.24, 2.45) is 0 Å². The maximum absolute atomic E-state index is 11.8. The van der Waals surface area contributed by atoms with E-state index < -0.39 is 0 Å². The third-order valence-electron chi connectivity index (χ3n) is 3.06. The number of carbonyl (C=O) groups is 1. The Kier molecular flexibility index (Phi) is 2.59. The predicted molar refractivity (Wildman–Crippen MR) is 75.5 cm³/mol. The van der Waals surface area contributed by atoms with Gasteiger partial charge < -0.3 is 16.0 Å². The van der Waals surface area contributed by atoms with E-state index in [0.29, 0.717) is 11.5 Å². The average Bonchev–Trinajstić information content (AvgIpc) is 2.38. The minimum absolute atomic E-state index is 0.0690. The second kappa shape index (κ2) is 4.28. The molecule has 0 atom stereocenters. The summed E-state index contributed by atoms with van der Waals surface area (Å²) in [7, 11) is 0. The smallest absolute Gasteiger partial charge is 0.244 e. The summed E-state index contributed by atoms with van der Waals surface area (Å²) in [5.74, 6) is 0.549. The van der Waals surface area contributed by atoms with Gasteiger partial charge in [0.25, 0.3) is 0 Å². The lowest BCUT2D eigenvalue weighted by Gasteiger charge is -2.30. The highest BCUT2D eigenvalue weighted by Gasteiger charge is 2.24. The molecule has 2 heterocycles. The first-order chi connectivity index (χ1) is 9.15. The maximum Gasteiger partial charge on any atom is 0.244 e. The molecule has 0 spiro atoms. The molecule has 3 N–H and O–H groups in total. The summed E-state index contributed by atoms with van der Waals surface area (Å²) in [5, 5.41) is 2.84. The number of anilines is 4. The fourth-order valence-electron chi connectivity index (χ4n) is 2.23. The zero-order valence-electron chi connectivity index (χ0n) is 10.6. The van der Waals surface area contributed by atoms with Gasteiger partial charge in [0.2, 0.25) is 5.91 Å². The first-order valence-electron chi connectivity index (χ1n) is 6.03. The zero-order chi connectivity index (χ0) is 13.4. The van der Waals surface area contributed by atoms with Crippen molar-refractivity contribution < 1.29 is 4.79 Å². The molecule has 1 aromatic heterocycles. The van der Waals surface area contributed by atoms with E-state index in [1.54, 1.807) is 6.20 Å². The summed E-state index contributed by atoms with van der Waals surface area (Å²) >= 11 is 0. The van der Waals surface area contributed by atoms with Crippen LogP contribution in [0, 0.1) is 6.92 Å². The lowest BCUT2D eigenvalue weighted by atomic mass is 10.1. The Morgan fingerprint density at radius 2 is 2.16 bits per heavy atom. The van der Waals surface area contributed by atoms with E-state index in [4.69, 9.17) is 5.73 Å². The summed E-state index contributed by atoms with van der Waals surface area (Å²) in [4.78, 5) is 18.0. The first-order valence-corrected chi connectivity index (χ1v) is 6.03. The standard InChI is InChI=1S/C14H14N4O/c1-9-6-10(15)14(16-7-9)18-8-13(19)17-11-4-2-3-5-12(11)18/h2-7H,8,15H2,1H3,(H,17,19). The van der Waals surface area contributed by atoms with Crippen LogP contribution in [0.1, 0.15) is 5.56 Å². The summed E-state index contributed by atoms with van der Waals surface area (Å²) in [6.45, 7) is 2.15. The quantitative estimate of drug-likeness (QED) is 0.817. The summed E-state index contributed by atoms with van der Waals surface area (Å²) in [5.41, 5.74) is 9.27. The molecule has 3 rings (SSSR count). The second-order valence-electron chi connectivity index (χ2n) is 4.58.